The van der Waals surface area contributed by atoms with Crippen molar-refractivity contribution in [1.82, 2.24) is 0 Å². The van der Waals surface area contributed by atoms with Crippen molar-refractivity contribution in [2.75, 3.05) is 13.2 Å². The van der Waals surface area contributed by atoms with Crippen LogP contribution in [0.5, 0.6) is 23.0 Å². The fraction of sp³-hybridized carbons (Fsp3) is 0.333. The van der Waals surface area contributed by atoms with Gasteiger partial charge in [0, 0.05) is 23.7 Å². The fourth-order valence-corrected chi connectivity index (χ4v) is 5.77. The predicted octanol–water partition coefficient (Wildman–Crippen LogP) is 7.49. The predicted molar refractivity (Wildman–Crippen MR) is 180 cm³/mol. The van der Waals surface area contributed by atoms with Crippen molar-refractivity contribution in [2.45, 2.75) is 63.7 Å². The molecule has 0 saturated heterocycles. The summed E-state index contributed by atoms with van der Waals surface area (Å²) in [6.45, 7) is 6.38. The van der Waals surface area contributed by atoms with Gasteiger partial charge in [-0.05, 0) is 96.0 Å². The lowest BCUT2D eigenvalue weighted by Gasteiger charge is -2.31. The van der Waals surface area contributed by atoms with E-state index in [1.807, 2.05) is 69.3 Å². The summed E-state index contributed by atoms with van der Waals surface area (Å²) >= 11 is 0. The lowest BCUT2D eigenvalue weighted by Crippen LogP contribution is -2.26. The molecule has 0 fully saturated rings. The number of aromatic hydroxyl groups is 4. The smallest absolute Gasteiger partial charge is 0.305 e. The first-order chi connectivity index (χ1) is 22.4. The van der Waals surface area contributed by atoms with Gasteiger partial charge in [-0.2, -0.15) is 0 Å². The Morgan fingerprint density at radius 2 is 0.851 bits per heavy atom. The van der Waals surface area contributed by atoms with Crippen LogP contribution in [0.2, 0.25) is 0 Å². The van der Waals surface area contributed by atoms with Crippen molar-refractivity contribution >= 4 is 11.9 Å². The molecule has 8 nitrogen and oxygen atoms in total. The highest BCUT2D eigenvalue weighted by Gasteiger charge is 2.31. The van der Waals surface area contributed by atoms with E-state index in [9.17, 15) is 30.0 Å². The number of phenolic OH excluding ortho intramolecular Hbond substituents is 4. The van der Waals surface area contributed by atoms with Crippen LogP contribution in [0.1, 0.15) is 75.1 Å². The quantitative estimate of drug-likeness (QED) is 0.0983. The Hall–Kier alpha value is -4.98. The Balaban J connectivity index is 1.25. The van der Waals surface area contributed by atoms with E-state index in [-0.39, 0.29) is 66.9 Å². The van der Waals surface area contributed by atoms with Crippen LogP contribution in [0, 0.1) is 5.92 Å². The maximum Gasteiger partial charge on any atom is 0.305 e. The maximum absolute atomic E-state index is 12.8. The standard InChI is InChI=1S/C39H44O8/c1-27(26-47-37(45)21-24-39(3,30-8-16-34(42)17-9-30)31-10-18-35(43)19-11-31)22-25-46-36(44)20-23-38(2,28-4-12-32(40)13-5-28)29-6-14-33(41)15-7-29/h4-19,27,40-43H,20-26H2,1-3H3. The first kappa shape index (κ1) is 34.9. The fourth-order valence-electron chi connectivity index (χ4n) is 5.77. The molecule has 0 spiro atoms. The van der Waals surface area contributed by atoms with Crippen LogP contribution in [0.3, 0.4) is 0 Å². The second kappa shape index (κ2) is 15.5. The average Bonchev–Trinajstić information content (AvgIpc) is 3.06. The number of benzene rings is 4. The van der Waals surface area contributed by atoms with Gasteiger partial charge in [0.25, 0.3) is 0 Å². The first-order valence-electron chi connectivity index (χ1n) is 15.9. The summed E-state index contributed by atoms with van der Waals surface area (Å²) in [6, 6.07) is 27.6. The van der Waals surface area contributed by atoms with Gasteiger partial charge in [0.1, 0.15) is 23.0 Å². The van der Waals surface area contributed by atoms with Crippen LogP contribution < -0.4 is 0 Å². The SMILES string of the molecule is CC(CCOC(=O)CCC(C)(c1ccc(O)cc1)c1ccc(O)cc1)COC(=O)CCC(C)(c1ccc(O)cc1)c1ccc(O)cc1. The summed E-state index contributed by atoms with van der Waals surface area (Å²) in [5.74, 6) is -0.0666. The molecule has 0 aliphatic rings. The number of phenols is 4. The molecular weight excluding hydrogens is 596 g/mol. The molecule has 8 heteroatoms. The van der Waals surface area contributed by atoms with Crippen LogP contribution in [0.25, 0.3) is 0 Å². The molecule has 0 amide bonds. The highest BCUT2D eigenvalue weighted by Crippen LogP contribution is 2.39. The van der Waals surface area contributed by atoms with E-state index >= 15 is 0 Å². The Kier molecular flexibility index (Phi) is 11.5. The number of carbonyl (C=O) groups is 2. The molecule has 1 atom stereocenters. The zero-order valence-electron chi connectivity index (χ0n) is 27.2. The van der Waals surface area contributed by atoms with E-state index in [4.69, 9.17) is 9.47 Å². The lowest BCUT2D eigenvalue weighted by atomic mass is 9.73. The molecule has 0 aliphatic carbocycles. The molecule has 0 aromatic heterocycles. The third-order valence-corrected chi connectivity index (χ3v) is 9.08. The van der Waals surface area contributed by atoms with Gasteiger partial charge < -0.3 is 29.9 Å². The molecule has 4 rings (SSSR count). The third-order valence-electron chi connectivity index (χ3n) is 9.08. The van der Waals surface area contributed by atoms with Crippen LogP contribution in [-0.4, -0.2) is 45.6 Å². The molecule has 0 radical (unpaired) electrons. The summed E-state index contributed by atoms with van der Waals surface area (Å²) in [4.78, 5) is 25.5. The number of hydrogen-bond acceptors (Lipinski definition) is 8. The van der Waals surface area contributed by atoms with E-state index in [1.165, 1.54) is 0 Å². The zero-order chi connectivity index (χ0) is 34.0. The van der Waals surface area contributed by atoms with E-state index in [1.54, 1.807) is 48.5 Å². The molecule has 0 bridgehead atoms. The Morgan fingerprint density at radius 3 is 1.17 bits per heavy atom. The Morgan fingerprint density at radius 1 is 0.553 bits per heavy atom. The minimum absolute atomic E-state index is 0.0217. The van der Waals surface area contributed by atoms with Crippen LogP contribution >= 0.6 is 0 Å². The minimum atomic E-state index is -0.555. The van der Waals surface area contributed by atoms with Crippen molar-refractivity contribution in [2.24, 2.45) is 5.92 Å². The van der Waals surface area contributed by atoms with Gasteiger partial charge in [0.05, 0.1) is 13.2 Å². The van der Waals surface area contributed by atoms with Crippen molar-refractivity contribution in [3.8, 4) is 23.0 Å². The highest BCUT2D eigenvalue weighted by atomic mass is 16.5. The molecule has 248 valence electrons. The average molecular weight is 641 g/mol. The molecular formula is C39H44O8. The topological polar surface area (TPSA) is 134 Å². The summed E-state index contributed by atoms with van der Waals surface area (Å²) in [6.07, 6.45) is 1.79. The molecule has 47 heavy (non-hydrogen) atoms. The minimum Gasteiger partial charge on any atom is -0.508 e. The number of rotatable bonds is 15. The maximum atomic E-state index is 12.8. The number of hydrogen-bond donors (Lipinski definition) is 4. The normalized spacial score (nSPS) is 12.3. The van der Waals surface area contributed by atoms with Gasteiger partial charge in [-0.1, -0.05) is 69.3 Å². The van der Waals surface area contributed by atoms with Gasteiger partial charge in [-0.25, -0.2) is 0 Å². The second-order valence-electron chi connectivity index (χ2n) is 12.6. The van der Waals surface area contributed by atoms with E-state index in [2.05, 4.69) is 0 Å². The van der Waals surface area contributed by atoms with Gasteiger partial charge in [0.15, 0.2) is 0 Å². The third kappa shape index (κ3) is 9.28. The van der Waals surface area contributed by atoms with Gasteiger partial charge in [0.2, 0.25) is 0 Å². The Labute approximate surface area is 276 Å². The van der Waals surface area contributed by atoms with Crippen molar-refractivity contribution in [1.29, 1.82) is 0 Å². The highest BCUT2D eigenvalue weighted by molar-refractivity contribution is 5.70. The first-order valence-corrected chi connectivity index (χ1v) is 15.9. The lowest BCUT2D eigenvalue weighted by molar-refractivity contribution is -0.147. The number of esters is 2. The number of ether oxygens (including phenoxy) is 2. The van der Waals surface area contributed by atoms with E-state index < -0.39 is 10.8 Å². The molecule has 4 aromatic carbocycles. The van der Waals surface area contributed by atoms with Crippen molar-refractivity contribution in [3.05, 3.63) is 119 Å². The Bertz CT molecular complexity index is 1500. The second-order valence-corrected chi connectivity index (χ2v) is 12.6. The van der Waals surface area contributed by atoms with Gasteiger partial charge >= 0.3 is 11.9 Å². The van der Waals surface area contributed by atoms with E-state index in [0.29, 0.717) is 19.3 Å². The van der Waals surface area contributed by atoms with Crippen molar-refractivity contribution in [3.63, 3.8) is 0 Å². The van der Waals surface area contributed by atoms with Crippen molar-refractivity contribution < 1.29 is 39.5 Å². The zero-order valence-corrected chi connectivity index (χ0v) is 27.2. The largest absolute Gasteiger partial charge is 0.508 e. The number of carbonyl (C=O) groups excluding carboxylic acids is 2. The molecule has 4 aromatic rings. The monoisotopic (exact) mass is 640 g/mol. The molecule has 0 saturated carbocycles. The van der Waals surface area contributed by atoms with Gasteiger partial charge in [-0.15, -0.1) is 0 Å². The summed E-state index contributed by atoms with van der Waals surface area (Å²) in [5.41, 5.74) is 2.60. The molecule has 1 unspecified atom stereocenters. The van der Waals surface area contributed by atoms with E-state index in [0.717, 1.165) is 22.3 Å². The summed E-state index contributed by atoms with van der Waals surface area (Å²) in [7, 11) is 0. The summed E-state index contributed by atoms with van der Waals surface area (Å²) < 4.78 is 11.1. The molecule has 0 aliphatic heterocycles. The van der Waals surface area contributed by atoms with Crippen LogP contribution in [0.4, 0.5) is 0 Å². The van der Waals surface area contributed by atoms with Crippen LogP contribution in [-0.2, 0) is 29.9 Å². The molecule has 4 N–H and O–H groups in total. The van der Waals surface area contributed by atoms with Gasteiger partial charge in [-0.3, -0.25) is 9.59 Å². The molecule has 0 heterocycles. The summed E-state index contributed by atoms with van der Waals surface area (Å²) in [5, 5.41) is 39.1. The van der Waals surface area contributed by atoms with Crippen LogP contribution in [0.15, 0.2) is 97.1 Å².